The molecule has 0 aliphatic rings. The van der Waals surface area contributed by atoms with Crippen molar-refractivity contribution in [1.82, 2.24) is 5.32 Å². The number of hydrogen-bond acceptors (Lipinski definition) is 3. The highest BCUT2D eigenvalue weighted by Gasteiger charge is 2.09. The minimum Gasteiger partial charge on any atom is -0.492 e. The smallest absolute Gasteiger partial charge is 0.253 e. The number of nitrogen functional groups attached to an aromatic ring is 1. The molecule has 0 aromatic heterocycles. The lowest BCUT2D eigenvalue weighted by molar-refractivity contribution is 0.0948. The summed E-state index contributed by atoms with van der Waals surface area (Å²) in [6.07, 6.45) is 0. The molecule has 0 aliphatic carbocycles. The van der Waals surface area contributed by atoms with Crippen LogP contribution < -0.4 is 15.8 Å². The monoisotopic (exact) mass is 348 g/mol. The van der Waals surface area contributed by atoms with Crippen LogP contribution in [0.3, 0.4) is 0 Å². The Morgan fingerprint density at radius 1 is 1.29 bits per heavy atom. The van der Waals surface area contributed by atoms with Crippen molar-refractivity contribution >= 4 is 27.5 Å². The molecular weight excluding hydrogens is 332 g/mol. The van der Waals surface area contributed by atoms with Crippen molar-refractivity contribution in [2.45, 2.75) is 6.92 Å². The zero-order valence-corrected chi connectivity index (χ0v) is 13.3. The van der Waals surface area contributed by atoms with E-state index in [0.29, 0.717) is 24.4 Å². The van der Waals surface area contributed by atoms with Crippen molar-refractivity contribution in [1.29, 1.82) is 0 Å². The van der Waals surface area contributed by atoms with Crippen LogP contribution in [0.2, 0.25) is 0 Å². The normalized spacial score (nSPS) is 10.2. The van der Waals surface area contributed by atoms with E-state index in [9.17, 15) is 4.79 Å². The summed E-state index contributed by atoms with van der Waals surface area (Å²) < 4.78 is 6.42. The van der Waals surface area contributed by atoms with E-state index < -0.39 is 0 Å². The van der Waals surface area contributed by atoms with E-state index in [1.807, 2.05) is 31.2 Å². The van der Waals surface area contributed by atoms with Gasteiger partial charge >= 0.3 is 0 Å². The van der Waals surface area contributed by atoms with Gasteiger partial charge in [-0.15, -0.1) is 0 Å². The maximum absolute atomic E-state index is 12.0. The van der Waals surface area contributed by atoms with E-state index in [1.54, 1.807) is 18.2 Å². The van der Waals surface area contributed by atoms with Crippen LogP contribution in [0.15, 0.2) is 46.9 Å². The SMILES string of the molecule is Cc1cccc(OCCNC(=O)c2ccc(Br)cc2N)c1. The molecule has 110 valence electrons. The quantitative estimate of drug-likeness (QED) is 0.644. The summed E-state index contributed by atoms with van der Waals surface area (Å²) in [5.74, 6) is 0.597. The van der Waals surface area contributed by atoms with Gasteiger partial charge in [-0.3, -0.25) is 4.79 Å². The molecular formula is C16H17BrN2O2. The number of amides is 1. The molecule has 2 rings (SSSR count). The van der Waals surface area contributed by atoms with Crippen LogP contribution in [0.25, 0.3) is 0 Å². The predicted octanol–water partition coefficient (Wildman–Crippen LogP) is 3.15. The Balaban J connectivity index is 1.82. The van der Waals surface area contributed by atoms with Crippen LogP contribution in [-0.4, -0.2) is 19.1 Å². The van der Waals surface area contributed by atoms with E-state index in [2.05, 4.69) is 21.2 Å². The molecule has 0 radical (unpaired) electrons. The van der Waals surface area contributed by atoms with Gasteiger partial charge in [0, 0.05) is 10.2 Å². The summed E-state index contributed by atoms with van der Waals surface area (Å²) in [5.41, 5.74) is 7.86. The lowest BCUT2D eigenvalue weighted by Gasteiger charge is -2.09. The number of nitrogens with two attached hydrogens (primary N) is 1. The van der Waals surface area contributed by atoms with E-state index in [1.165, 1.54) is 0 Å². The Labute approximate surface area is 132 Å². The molecule has 0 fully saturated rings. The summed E-state index contributed by atoms with van der Waals surface area (Å²) in [6.45, 7) is 2.83. The maximum Gasteiger partial charge on any atom is 0.253 e. The van der Waals surface area contributed by atoms with Gasteiger partial charge in [-0.05, 0) is 42.8 Å². The first-order valence-corrected chi connectivity index (χ1v) is 7.38. The van der Waals surface area contributed by atoms with Gasteiger partial charge in [-0.2, -0.15) is 0 Å². The molecule has 0 saturated heterocycles. The van der Waals surface area contributed by atoms with Crippen molar-refractivity contribution in [3.8, 4) is 5.75 Å². The molecule has 0 saturated carbocycles. The molecule has 21 heavy (non-hydrogen) atoms. The van der Waals surface area contributed by atoms with Crippen molar-refractivity contribution < 1.29 is 9.53 Å². The van der Waals surface area contributed by atoms with Crippen LogP contribution in [0.1, 0.15) is 15.9 Å². The summed E-state index contributed by atoms with van der Waals surface area (Å²) in [6, 6.07) is 13.0. The molecule has 0 heterocycles. The number of hydrogen-bond donors (Lipinski definition) is 2. The highest BCUT2D eigenvalue weighted by Crippen LogP contribution is 2.18. The second kappa shape index (κ2) is 7.13. The average Bonchev–Trinajstić information content (AvgIpc) is 2.43. The summed E-state index contributed by atoms with van der Waals surface area (Å²) in [5, 5.41) is 2.78. The molecule has 4 nitrogen and oxygen atoms in total. The second-order valence-corrected chi connectivity index (χ2v) is 5.57. The third-order valence-electron chi connectivity index (χ3n) is 2.90. The molecule has 0 aliphatic heterocycles. The van der Waals surface area contributed by atoms with Crippen LogP contribution in [0.5, 0.6) is 5.75 Å². The standard InChI is InChI=1S/C16H17BrN2O2/c1-11-3-2-4-13(9-11)21-8-7-19-16(20)14-6-5-12(17)10-15(14)18/h2-6,9-10H,7-8,18H2,1H3,(H,19,20). The third kappa shape index (κ3) is 4.49. The van der Waals surface area contributed by atoms with Gasteiger partial charge < -0.3 is 15.8 Å². The molecule has 5 heteroatoms. The number of carbonyl (C=O) groups excluding carboxylic acids is 1. The Morgan fingerprint density at radius 2 is 2.10 bits per heavy atom. The van der Waals surface area contributed by atoms with E-state index in [4.69, 9.17) is 10.5 Å². The van der Waals surface area contributed by atoms with Crippen LogP contribution in [0.4, 0.5) is 5.69 Å². The fourth-order valence-corrected chi connectivity index (χ4v) is 2.25. The fraction of sp³-hybridized carbons (Fsp3) is 0.188. The van der Waals surface area contributed by atoms with Crippen molar-refractivity contribution in [2.24, 2.45) is 0 Å². The lowest BCUT2D eigenvalue weighted by atomic mass is 10.1. The number of rotatable bonds is 5. The van der Waals surface area contributed by atoms with Gasteiger partial charge in [0.1, 0.15) is 12.4 Å². The number of nitrogens with one attached hydrogen (secondary N) is 1. The molecule has 0 unspecified atom stereocenters. The maximum atomic E-state index is 12.0. The van der Waals surface area contributed by atoms with E-state index >= 15 is 0 Å². The van der Waals surface area contributed by atoms with Gasteiger partial charge in [-0.25, -0.2) is 0 Å². The van der Waals surface area contributed by atoms with Crippen molar-refractivity contribution in [3.05, 3.63) is 58.1 Å². The Hall–Kier alpha value is -2.01. The summed E-state index contributed by atoms with van der Waals surface area (Å²) >= 11 is 3.31. The minimum absolute atomic E-state index is 0.201. The summed E-state index contributed by atoms with van der Waals surface area (Å²) in [7, 11) is 0. The molecule has 2 aromatic rings. The largest absolute Gasteiger partial charge is 0.492 e. The fourth-order valence-electron chi connectivity index (χ4n) is 1.87. The van der Waals surface area contributed by atoms with Gasteiger partial charge in [0.25, 0.3) is 5.91 Å². The van der Waals surface area contributed by atoms with E-state index in [0.717, 1.165) is 15.8 Å². The number of ether oxygens (including phenoxy) is 1. The number of halogens is 1. The molecule has 2 aromatic carbocycles. The van der Waals surface area contributed by atoms with Crippen LogP contribution in [0, 0.1) is 6.92 Å². The number of carbonyl (C=O) groups is 1. The van der Waals surface area contributed by atoms with Gasteiger partial charge in [-0.1, -0.05) is 28.1 Å². The highest BCUT2D eigenvalue weighted by molar-refractivity contribution is 9.10. The number of benzene rings is 2. The first kappa shape index (κ1) is 15.4. The zero-order chi connectivity index (χ0) is 15.2. The van der Waals surface area contributed by atoms with Gasteiger partial charge in [0.15, 0.2) is 0 Å². The number of anilines is 1. The predicted molar refractivity (Wildman–Crippen MR) is 87.6 cm³/mol. The Morgan fingerprint density at radius 3 is 2.81 bits per heavy atom. The first-order valence-electron chi connectivity index (χ1n) is 6.59. The minimum atomic E-state index is -0.201. The van der Waals surface area contributed by atoms with Crippen molar-refractivity contribution in [2.75, 3.05) is 18.9 Å². The third-order valence-corrected chi connectivity index (χ3v) is 3.40. The van der Waals surface area contributed by atoms with Gasteiger partial charge in [0.2, 0.25) is 0 Å². The topological polar surface area (TPSA) is 64.3 Å². The molecule has 1 amide bonds. The Kier molecular flexibility index (Phi) is 5.22. The van der Waals surface area contributed by atoms with E-state index in [-0.39, 0.29) is 5.91 Å². The molecule has 3 N–H and O–H groups in total. The second-order valence-electron chi connectivity index (χ2n) is 4.65. The van der Waals surface area contributed by atoms with Crippen LogP contribution >= 0.6 is 15.9 Å². The van der Waals surface area contributed by atoms with Crippen LogP contribution in [-0.2, 0) is 0 Å². The lowest BCUT2D eigenvalue weighted by Crippen LogP contribution is -2.28. The van der Waals surface area contributed by atoms with Crippen molar-refractivity contribution in [3.63, 3.8) is 0 Å². The number of aryl methyl sites for hydroxylation is 1. The average molecular weight is 349 g/mol. The Bertz CT molecular complexity index is 644. The zero-order valence-electron chi connectivity index (χ0n) is 11.7. The summed E-state index contributed by atoms with van der Waals surface area (Å²) in [4.78, 5) is 12.0. The first-order chi connectivity index (χ1) is 10.1. The highest BCUT2D eigenvalue weighted by atomic mass is 79.9. The molecule has 0 spiro atoms. The molecule has 0 bridgehead atoms. The molecule has 0 atom stereocenters. The van der Waals surface area contributed by atoms with Gasteiger partial charge in [0.05, 0.1) is 12.1 Å².